The van der Waals surface area contributed by atoms with Crippen LogP contribution in [0.5, 0.6) is 0 Å². The van der Waals surface area contributed by atoms with Crippen LogP contribution in [0.25, 0.3) is 27.9 Å². The first-order valence-corrected chi connectivity index (χ1v) is 10.0. The predicted molar refractivity (Wildman–Crippen MR) is 120 cm³/mol. The number of aromatic nitrogens is 5. The van der Waals surface area contributed by atoms with Crippen molar-refractivity contribution in [3.05, 3.63) is 54.6 Å². The van der Waals surface area contributed by atoms with Crippen LogP contribution in [0.1, 0.15) is 5.56 Å². The van der Waals surface area contributed by atoms with Gasteiger partial charge in [-0.05, 0) is 30.0 Å². The van der Waals surface area contributed by atoms with E-state index in [9.17, 15) is 5.26 Å². The summed E-state index contributed by atoms with van der Waals surface area (Å²) in [6, 6.07) is 10.6. The summed E-state index contributed by atoms with van der Waals surface area (Å²) in [6.45, 7) is 1.96. The third-order valence-corrected chi connectivity index (χ3v) is 6.39. The summed E-state index contributed by atoms with van der Waals surface area (Å²) in [6.07, 6.45) is 7.51. The van der Waals surface area contributed by atoms with Crippen LogP contribution in [0.15, 0.2) is 49.1 Å². The lowest BCUT2D eigenvalue weighted by atomic mass is 10.1. The number of rotatable bonds is 3. The summed E-state index contributed by atoms with van der Waals surface area (Å²) in [5, 5.41) is 18.7. The van der Waals surface area contributed by atoms with Crippen molar-refractivity contribution in [1.29, 1.82) is 5.26 Å². The molecule has 2 N–H and O–H groups in total. The van der Waals surface area contributed by atoms with Crippen LogP contribution in [-0.2, 0) is 7.05 Å². The number of halogens is 1. The second-order valence-corrected chi connectivity index (χ2v) is 8.20. The van der Waals surface area contributed by atoms with E-state index in [1.807, 2.05) is 56.1 Å². The molecular weight excluding hydrogens is 412 g/mol. The van der Waals surface area contributed by atoms with Crippen molar-refractivity contribution in [3.63, 3.8) is 0 Å². The maximum atomic E-state index is 9.79. The Bertz CT molecular complexity index is 1300. The van der Waals surface area contributed by atoms with Crippen molar-refractivity contribution in [2.45, 2.75) is 6.04 Å². The highest BCUT2D eigenvalue weighted by molar-refractivity contribution is 5.85. The molecule has 0 aromatic carbocycles. The SMILES string of the molecule is Cl.Cn1cc(-c2ccc3c(C#N)c(-c4ccc(N5C[C@@H]6C(N)[C@@H]6C5)nc4)nn3c2)cn1. The number of aryl methyl sites for hydroxylation is 1. The minimum atomic E-state index is 0. The normalized spacial score (nSPS) is 21.6. The Morgan fingerprint density at radius 2 is 1.81 bits per heavy atom. The summed E-state index contributed by atoms with van der Waals surface area (Å²) in [7, 11) is 1.89. The maximum Gasteiger partial charge on any atom is 0.128 e. The van der Waals surface area contributed by atoms with Crippen LogP contribution in [0, 0.1) is 23.2 Å². The minimum absolute atomic E-state index is 0. The van der Waals surface area contributed by atoms with Gasteiger partial charge in [-0.3, -0.25) is 4.68 Å². The van der Waals surface area contributed by atoms with Crippen molar-refractivity contribution in [2.75, 3.05) is 18.0 Å². The molecule has 0 bridgehead atoms. The van der Waals surface area contributed by atoms with Crippen LogP contribution in [0.4, 0.5) is 5.82 Å². The number of hydrogen-bond donors (Lipinski definition) is 1. The zero-order valence-corrected chi connectivity index (χ0v) is 17.7. The first-order chi connectivity index (χ1) is 14.6. The Morgan fingerprint density at radius 3 is 2.45 bits per heavy atom. The standard InChI is InChI=1S/C22H20N8.ClH/c1-28-9-15(8-26-28)14-2-4-19-16(6-23)22(27-30(19)10-14)13-3-5-20(25-7-13)29-11-17-18(12-29)21(17)24;/h2-5,7-10,17-18,21H,11-12,24H2,1H3;1H/t17-,18+,21?;. The maximum absolute atomic E-state index is 9.79. The Morgan fingerprint density at radius 1 is 1.03 bits per heavy atom. The van der Waals surface area contributed by atoms with Gasteiger partial charge >= 0.3 is 0 Å². The molecule has 8 nitrogen and oxygen atoms in total. The zero-order valence-electron chi connectivity index (χ0n) is 16.9. The molecule has 9 heteroatoms. The molecule has 4 aromatic rings. The highest BCUT2D eigenvalue weighted by atomic mass is 35.5. The molecule has 1 aliphatic carbocycles. The molecule has 2 fully saturated rings. The molecule has 31 heavy (non-hydrogen) atoms. The Labute approximate surface area is 185 Å². The van der Waals surface area contributed by atoms with Gasteiger partial charge in [-0.2, -0.15) is 15.5 Å². The smallest absolute Gasteiger partial charge is 0.128 e. The van der Waals surface area contributed by atoms with Crippen LogP contribution in [-0.4, -0.2) is 43.5 Å². The van der Waals surface area contributed by atoms with Gasteiger partial charge in [0.15, 0.2) is 0 Å². The van der Waals surface area contributed by atoms with Crippen LogP contribution >= 0.6 is 12.4 Å². The van der Waals surface area contributed by atoms with Crippen molar-refractivity contribution in [2.24, 2.45) is 24.6 Å². The van der Waals surface area contributed by atoms with Crippen molar-refractivity contribution >= 4 is 23.7 Å². The first kappa shape index (κ1) is 19.5. The molecule has 1 saturated heterocycles. The fourth-order valence-corrected chi connectivity index (χ4v) is 4.58. The Balaban J connectivity index is 0.00000204. The van der Waals surface area contributed by atoms with Crippen molar-refractivity contribution in [1.82, 2.24) is 24.4 Å². The summed E-state index contributed by atoms with van der Waals surface area (Å²) < 4.78 is 3.53. The Kier molecular flexibility index (Phi) is 4.46. The zero-order chi connectivity index (χ0) is 20.4. The molecule has 0 spiro atoms. The molecular formula is C22H21ClN8. The number of hydrogen-bond acceptors (Lipinski definition) is 6. The number of nitrogens with zero attached hydrogens (tertiary/aromatic N) is 7. The summed E-state index contributed by atoms with van der Waals surface area (Å²) in [4.78, 5) is 6.94. The van der Waals surface area contributed by atoms with Gasteiger partial charge in [-0.1, -0.05) is 6.07 Å². The van der Waals surface area contributed by atoms with Gasteiger partial charge < -0.3 is 10.6 Å². The topological polar surface area (TPSA) is 101 Å². The number of fused-ring (bicyclic) bond motifs is 2. The molecule has 156 valence electrons. The predicted octanol–water partition coefficient (Wildman–Crippen LogP) is 2.48. The van der Waals surface area contributed by atoms with Gasteiger partial charge in [0.2, 0.25) is 0 Å². The fourth-order valence-electron chi connectivity index (χ4n) is 4.58. The molecule has 4 aromatic heterocycles. The van der Waals surface area contributed by atoms with E-state index in [4.69, 9.17) is 10.8 Å². The average Bonchev–Trinajstić information content (AvgIpc) is 3.23. The van der Waals surface area contributed by atoms with Crippen molar-refractivity contribution < 1.29 is 0 Å². The molecule has 1 unspecified atom stereocenters. The number of anilines is 1. The highest BCUT2D eigenvalue weighted by Crippen LogP contribution is 2.45. The largest absolute Gasteiger partial charge is 0.356 e. The lowest BCUT2D eigenvalue weighted by Crippen LogP contribution is -2.28. The summed E-state index contributed by atoms with van der Waals surface area (Å²) in [5.74, 6) is 2.19. The van der Waals surface area contributed by atoms with E-state index >= 15 is 0 Å². The van der Waals surface area contributed by atoms with E-state index in [2.05, 4.69) is 21.1 Å². The molecule has 6 rings (SSSR count). The lowest BCUT2D eigenvalue weighted by molar-refractivity contribution is 0.735. The fraction of sp³-hybridized carbons (Fsp3) is 0.273. The van der Waals surface area contributed by atoms with E-state index in [1.165, 1.54) is 0 Å². The molecule has 0 amide bonds. The monoisotopic (exact) mass is 432 g/mol. The van der Waals surface area contributed by atoms with Gasteiger partial charge in [0.1, 0.15) is 23.1 Å². The Hall–Kier alpha value is -3.41. The average molecular weight is 433 g/mol. The van der Waals surface area contributed by atoms with Crippen LogP contribution in [0.2, 0.25) is 0 Å². The molecule has 3 atom stereocenters. The van der Waals surface area contributed by atoms with Crippen molar-refractivity contribution in [3.8, 4) is 28.5 Å². The molecule has 1 saturated carbocycles. The first-order valence-electron chi connectivity index (χ1n) is 10.0. The number of pyridine rings is 2. The molecule has 5 heterocycles. The van der Waals surface area contributed by atoms with E-state index in [0.29, 0.717) is 29.1 Å². The van der Waals surface area contributed by atoms with Gasteiger partial charge in [0.05, 0.1) is 11.7 Å². The van der Waals surface area contributed by atoms with Crippen LogP contribution < -0.4 is 10.6 Å². The van der Waals surface area contributed by atoms with Gasteiger partial charge in [0, 0.05) is 61.5 Å². The third-order valence-electron chi connectivity index (χ3n) is 6.39. The van der Waals surface area contributed by atoms with Crippen LogP contribution in [0.3, 0.4) is 0 Å². The molecule has 0 radical (unpaired) electrons. The van der Waals surface area contributed by atoms with E-state index in [1.54, 1.807) is 9.20 Å². The third kappa shape index (κ3) is 3.05. The minimum Gasteiger partial charge on any atom is -0.356 e. The molecule has 2 aliphatic rings. The van der Waals surface area contributed by atoms with Gasteiger partial charge in [0.25, 0.3) is 0 Å². The number of nitriles is 1. The molecule has 1 aliphatic heterocycles. The summed E-state index contributed by atoms with van der Waals surface area (Å²) >= 11 is 0. The second-order valence-electron chi connectivity index (χ2n) is 8.20. The highest BCUT2D eigenvalue weighted by Gasteiger charge is 2.53. The van der Waals surface area contributed by atoms with Gasteiger partial charge in [-0.25, -0.2) is 9.50 Å². The second kappa shape index (κ2) is 7.08. The summed E-state index contributed by atoms with van der Waals surface area (Å²) in [5.41, 5.74) is 10.8. The quantitative estimate of drug-likeness (QED) is 0.533. The lowest BCUT2D eigenvalue weighted by Gasteiger charge is -2.20. The van der Waals surface area contributed by atoms with E-state index in [0.717, 1.165) is 41.1 Å². The van der Waals surface area contributed by atoms with E-state index < -0.39 is 0 Å². The number of piperidine rings is 1. The van der Waals surface area contributed by atoms with Gasteiger partial charge in [-0.15, -0.1) is 12.4 Å². The van der Waals surface area contributed by atoms with E-state index in [-0.39, 0.29) is 12.4 Å². The number of nitrogens with two attached hydrogens (primary N) is 1.